The second-order valence-corrected chi connectivity index (χ2v) is 16.4. The van der Waals surface area contributed by atoms with Gasteiger partial charge >= 0.3 is 0 Å². The molecular formula is C61H41NO. The van der Waals surface area contributed by atoms with Crippen LogP contribution in [0.4, 0.5) is 17.1 Å². The molecule has 0 fully saturated rings. The maximum absolute atomic E-state index is 6.49. The molecule has 12 rings (SSSR count). The van der Waals surface area contributed by atoms with Gasteiger partial charge in [-0.05, 0) is 110 Å². The molecule has 0 bridgehead atoms. The molecule has 2 nitrogen and oxygen atoms in total. The van der Waals surface area contributed by atoms with E-state index in [1.165, 1.54) is 55.6 Å². The maximum atomic E-state index is 6.49. The third-order valence-electron chi connectivity index (χ3n) is 13.0. The third-order valence-corrected chi connectivity index (χ3v) is 13.0. The average molecular weight is 804 g/mol. The van der Waals surface area contributed by atoms with Gasteiger partial charge in [0.05, 0.1) is 5.41 Å². The average Bonchev–Trinajstić information content (AvgIpc) is 3.89. The van der Waals surface area contributed by atoms with Crippen molar-refractivity contribution in [3.05, 3.63) is 271 Å². The topological polar surface area (TPSA) is 16.4 Å². The minimum atomic E-state index is -0.515. The van der Waals surface area contributed by atoms with Gasteiger partial charge in [0.15, 0.2) is 0 Å². The first-order valence-corrected chi connectivity index (χ1v) is 21.7. The smallest absolute Gasteiger partial charge is 0.143 e. The van der Waals surface area contributed by atoms with Gasteiger partial charge in [0.2, 0.25) is 0 Å². The van der Waals surface area contributed by atoms with Gasteiger partial charge in [0.25, 0.3) is 0 Å². The van der Waals surface area contributed by atoms with E-state index in [0.717, 1.165) is 50.1 Å². The van der Waals surface area contributed by atoms with E-state index in [2.05, 4.69) is 241 Å². The van der Waals surface area contributed by atoms with Crippen LogP contribution in [0.15, 0.2) is 253 Å². The Hall–Kier alpha value is -8.20. The fraction of sp³-hybridized carbons (Fsp3) is 0.0164. The van der Waals surface area contributed by atoms with Crippen LogP contribution in [0.2, 0.25) is 0 Å². The van der Waals surface area contributed by atoms with Crippen molar-refractivity contribution in [3.63, 3.8) is 0 Å². The normalized spacial score (nSPS) is 12.6. The standard InChI is InChI=1S/C61H41NO/c1-4-16-42(17-5-1)45-18-14-19-46(40-45)43-30-34-49(35-31-43)62(50-36-32-44(33-37-50)52-26-15-27-56-55-25-11-13-29-59(55)63-60(52)56)51-38-39-54-53-24-10-12-28-57(53)61(58(54)41-51,47-20-6-2-7-21-47)48-22-8-3-9-23-48/h1-41H. The summed E-state index contributed by atoms with van der Waals surface area (Å²) in [6.07, 6.45) is 0. The van der Waals surface area contributed by atoms with E-state index in [-0.39, 0.29) is 0 Å². The Morgan fingerprint density at radius 2 is 0.794 bits per heavy atom. The Kier molecular flexibility index (Phi) is 8.76. The molecule has 0 atom stereocenters. The van der Waals surface area contributed by atoms with E-state index in [4.69, 9.17) is 4.42 Å². The molecule has 1 aliphatic carbocycles. The summed E-state index contributed by atoms with van der Waals surface area (Å²) in [5, 5.41) is 2.26. The lowest BCUT2D eigenvalue weighted by Gasteiger charge is -2.35. The van der Waals surface area contributed by atoms with E-state index in [1.54, 1.807) is 0 Å². The molecule has 0 aliphatic heterocycles. The molecule has 11 aromatic rings. The van der Waals surface area contributed by atoms with Crippen LogP contribution in [0, 0.1) is 0 Å². The van der Waals surface area contributed by atoms with Crippen molar-refractivity contribution in [2.75, 3.05) is 4.90 Å². The lowest BCUT2D eigenvalue weighted by Crippen LogP contribution is -2.28. The van der Waals surface area contributed by atoms with Crippen LogP contribution in [0.1, 0.15) is 22.3 Å². The molecule has 0 saturated carbocycles. The third kappa shape index (κ3) is 6.02. The summed E-state index contributed by atoms with van der Waals surface area (Å²) >= 11 is 0. The van der Waals surface area contributed by atoms with E-state index >= 15 is 0 Å². The molecule has 1 aliphatic rings. The van der Waals surface area contributed by atoms with Gasteiger partial charge in [0.1, 0.15) is 11.2 Å². The summed E-state index contributed by atoms with van der Waals surface area (Å²) in [6, 6.07) is 90.2. The lowest BCUT2D eigenvalue weighted by molar-refractivity contribution is 0.670. The van der Waals surface area contributed by atoms with Crippen molar-refractivity contribution < 1.29 is 4.42 Å². The summed E-state index contributed by atoms with van der Waals surface area (Å²) in [6.45, 7) is 0. The first kappa shape index (κ1) is 36.6. The van der Waals surface area contributed by atoms with E-state index in [9.17, 15) is 0 Å². The zero-order valence-corrected chi connectivity index (χ0v) is 34.5. The van der Waals surface area contributed by atoms with Crippen molar-refractivity contribution in [1.82, 2.24) is 0 Å². The van der Waals surface area contributed by atoms with Crippen LogP contribution in [0.5, 0.6) is 0 Å². The molecule has 0 unspecified atom stereocenters. The Morgan fingerprint density at radius 3 is 1.49 bits per heavy atom. The van der Waals surface area contributed by atoms with Gasteiger partial charge in [-0.25, -0.2) is 0 Å². The second kappa shape index (κ2) is 15.1. The molecule has 1 aromatic heterocycles. The fourth-order valence-corrected chi connectivity index (χ4v) is 10.1. The van der Waals surface area contributed by atoms with Crippen LogP contribution in [0.3, 0.4) is 0 Å². The van der Waals surface area contributed by atoms with E-state index in [1.807, 2.05) is 12.1 Å². The molecule has 0 saturated heterocycles. The highest BCUT2D eigenvalue weighted by atomic mass is 16.3. The number of furan rings is 1. The number of nitrogens with zero attached hydrogens (tertiary/aromatic N) is 1. The largest absolute Gasteiger partial charge is 0.455 e. The van der Waals surface area contributed by atoms with Crippen molar-refractivity contribution in [2.24, 2.45) is 0 Å². The molecular weight excluding hydrogens is 763 g/mol. The minimum absolute atomic E-state index is 0.515. The highest BCUT2D eigenvalue weighted by Gasteiger charge is 2.46. The number of fused-ring (bicyclic) bond motifs is 6. The molecule has 0 spiro atoms. The highest BCUT2D eigenvalue weighted by molar-refractivity contribution is 6.09. The number of rotatable bonds is 8. The first-order chi connectivity index (χ1) is 31.2. The zero-order chi connectivity index (χ0) is 41.7. The number of anilines is 3. The Bertz CT molecular complexity index is 3380. The zero-order valence-electron chi connectivity index (χ0n) is 34.5. The maximum Gasteiger partial charge on any atom is 0.143 e. The Labute approximate surface area is 367 Å². The SMILES string of the molecule is c1ccc(-c2cccc(-c3ccc(N(c4ccc(-c5cccc6c5oc5ccccc56)cc4)c4ccc5c(c4)C(c4ccccc4)(c4ccccc4)c4ccccc4-5)cc3)c2)cc1. The van der Waals surface area contributed by atoms with Crippen molar-refractivity contribution in [2.45, 2.75) is 5.41 Å². The molecule has 0 amide bonds. The lowest BCUT2D eigenvalue weighted by atomic mass is 9.67. The predicted molar refractivity (Wildman–Crippen MR) is 262 cm³/mol. The molecule has 1 heterocycles. The molecule has 296 valence electrons. The minimum Gasteiger partial charge on any atom is -0.455 e. The van der Waals surface area contributed by atoms with Crippen LogP contribution in [-0.4, -0.2) is 0 Å². The second-order valence-electron chi connectivity index (χ2n) is 16.4. The molecule has 2 heteroatoms. The summed E-state index contributed by atoms with van der Waals surface area (Å²) in [5.41, 5.74) is 19.1. The van der Waals surface area contributed by atoms with Gasteiger partial charge in [-0.2, -0.15) is 0 Å². The van der Waals surface area contributed by atoms with Crippen molar-refractivity contribution >= 4 is 39.0 Å². The van der Waals surface area contributed by atoms with Crippen LogP contribution in [0.25, 0.3) is 66.4 Å². The summed E-state index contributed by atoms with van der Waals surface area (Å²) in [5.74, 6) is 0. The predicted octanol–water partition coefficient (Wildman–Crippen LogP) is 16.4. The quantitative estimate of drug-likeness (QED) is 0.152. The van der Waals surface area contributed by atoms with Gasteiger partial charge in [0, 0.05) is 33.4 Å². The first-order valence-electron chi connectivity index (χ1n) is 21.7. The Morgan fingerprint density at radius 1 is 0.302 bits per heavy atom. The molecule has 10 aromatic carbocycles. The van der Waals surface area contributed by atoms with Crippen LogP contribution in [-0.2, 0) is 5.41 Å². The number of para-hydroxylation sites is 2. The number of hydrogen-bond donors (Lipinski definition) is 0. The summed E-state index contributed by atoms with van der Waals surface area (Å²) in [4.78, 5) is 2.40. The monoisotopic (exact) mass is 803 g/mol. The Balaban J connectivity index is 1.02. The fourth-order valence-electron chi connectivity index (χ4n) is 10.1. The van der Waals surface area contributed by atoms with E-state index < -0.39 is 5.41 Å². The number of benzene rings is 10. The van der Waals surface area contributed by atoms with Crippen LogP contribution >= 0.6 is 0 Å². The van der Waals surface area contributed by atoms with E-state index in [0.29, 0.717) is 0 Å². The van der Waals surface area contributed by atoms with Crippen LogP contribution < -0.4 is 4.90 Å². The van der Waals surface area contributed by atoms with Gasteiger partial charge in [-0.1, -0.05) is 200 Å². The summed E-state index contributed by atoms with van der Waals surface area (Å²) < 4.78 is 6.49. The van der Waals surface area contributed by atoms with Crippen molar-refractivity contribution in [3.8, 4) is 44.5 Å². The van der Waals surface area contributed by atoms with Gasteiger partial charge in [-0.3, -0.25) is 0 Å². The molecule has 0 radical (unpaired) electrons. The highest BCUT2D eigenvalue weighted by Crippen LogP contribution is 2.57. The van der Waals surface area contributed by atoms with Gasteiger partial charge in [-0.15, -0.1) is 0 Å². The molecule has 63 heavy (non-hydrogen) atoms. The molecule has 0 N–H and O–H groups in total. The van der Waals surface area contributed by atoms with Crippen molar-refractivity contribution in [1.29, 1.82) is 0 Å². The summed E-state index contributed by atoms with van der Waals surface area (Å²) in [7, 11) is 0. The van der Waals surface area contributed by atoms with Gasteiger partial charge < -0.3 is 9.32 Å². The number of hydrogen-bond acceptors (Lipinski definition) is 2.